The number of benzene rings is 2. The highest BCUT2D eigenvalue weighted by atomic mass is 32.2. The highest BCUT2D eigenvalue weighted by molar-refractivity contribution is 7.90. The fraction of sp³-hybridized carbons (Fsp3) is 0.250. The van der Waals surface area contributed by atoms with Crippen LogP contribution in [0, 0.1) is 25.2 Å². The number of sulfone groups is 1. The van der Waals surface area contributed by atoms with Crippen LogP contribution in [0.3, 0.4) is 0 Å². The van der Waals surface area contributed by atoms with Gasteiger partial charge in [0.2, 0.25) is 15.0 Å². The lowest BCUT2D eigenvalue weighted by Crippen LogP contribution is -2.13. The maximum atomic E-state index is 12.4. The molecule has 2 aromatic carbocycles. The van der Waals surface area contributed by atoms with Crippen molar-refractivity contribution >= 4 is 38.5 Å². The molecule has 0 spiro atoms. The van der Waals surface area contributed by atoms with Crippen molar-refractivity contribution in [2.75, 3.05) is 24.8 Å². The second-order valence-electron chi connectivity index (χ2n) is 7.64. The Kier molecular flexibility index (Phi) is 8.57. The minimum atomic E-state index is -3.58. The van der Waals surface area contributed by atoms with E-state index >= 15 is 0 Å². The van der Waals surface area contributed by atoms with E-state index in [0.29, 0.717) is 30.9 Å². The third-order valence-electron chi connectivity index (χ3n) is 4.82. The van der Waals surface area contributed by atoms with Crippen LogP contribution in [0.4, 0.5) is 5.13 Å². The summed E-state index contributed by atoms with van der Waals surface area (Å²) >= 11 is 0.717. The summed E-state index contributed by atoms with van der Waals surface area (Å²) in [6.45, 7) is 5.11. The van der Waals surface area contributed by atoms with Crippen LogP contribution < -0.4 is 14.8 Å². The van der Waals surface area contributed by atoms with Crippen LogP contribution in [0.25, 0.3) is 6.08 Å². The number of hydrogen-bond acceptors (Lipinski definition) is 9. The lowest BCUT2D eigenvalue weighted by Gasteiger charge is -2.09. The monoisotopic (exact) mass is 512 g/mol. The predicted molar refractivity (Wildman–Crippen MR) is 133 cm³/mol. The predicted octanol–water partition coefficient (Wildman–Crippen LogP) is 3.95. The average Bonchev–Trinajstić information content (AvgIpc) is 3.29. The van der Waals surface area contributed by atoms with E-state index in [4.69, 9.17) is 9.47 Å². The number of aromatic nitrogens is 2. The summed E-state index contributed by atoms with van der Waals surface area (Å²) in [5.41, 5.74) is 2.86. The smallest absolute Gasteiger partial charge is 0.268 e. The number of hydrogen-bond donors (Lipinski definition) is 1. The van der Waals surface area contributed by atoms with E-state index in [2.05, 4.69) is 21.6 Å². The van der Waals surface area contributed by atoms with Gasteiger partial charge in [-0.1, -0.05) is 18.2 Å². The zero-order valence-corrected chi connectivity index (χ0v) is 21.1. The van der Waals surface area contributed by atoms with Gasteiger partial charge in [-0.2, -0.15) is 14.6 Å². The van der Waals surface area contributed by atoms with Crippen molar-refractivity contribution in [3.63, 3.8) is 0 Å². The van der Waals surface area contributed by atoms with Crippen molar-refractivity contribution in [3.8, 4) is 17.6 Å². The number of amides is 1. The molecule has 35 heavy (non-hydrogen) atoms. The standard InChI is InChI=1S/C24H24N4O5S2/c1-16-5-8-21(13-17(16)2)33-12-4-11-32-20-9-6-18(7-10-20)14-19(15-25)22(29)26-23-27-24(28-34-23)35(3,30)31/h5-10,13-14H,4,11-12H2,1-3H3,(H,26,27,28,29). The van der Waals surface area contributed by atoms with Crippen molar-refractivity contribution in [2.24, 2.45) is 0 Å². The van der Waals surface area contributed by atoms with Gasteiger partial charge in [-0.05, 0) is 60.9 Å². The number of nitriles is 1. The molecule has 0 atom stereocenters. The van der Waals surface area contributed by atoms with Gasteiger partial charge in [0.05, 0.1) is 13.2 Å². The number of carbonyl (C=O) groups is 1. The molecule has 0 unspecified atom stereocenters. The molecule has 0 saturated heterocycles. The molecule has 1 amide bonds. The molecule has 0 radical (unpaired) electrons. The highest BCUT2D eigenvalue weighted by Gasteiger charge is 2.17. The summed E-state index contributed by atoms with van der Waals surface area (Å²) in [7, 11) is -3.58. The molecule has 9 nitrogen and oxygen atoms in total. The molecule has 0 fully saturated rings. The first-order valence-corrected chi connectivity index (χ1v) is 13.2. The molecule has 0 aliphatic rings. The number of aryl methyl sites for hydroxylation is 2. The molecule has 1 heterocycles. The molecule has 0 saturated carbocycles. The summed E-state index contributed by atoms with van der Waals surface area (Å²) in [5, 5.41) is 11.4. The molecule has 11 heteroatoms. The van der Waals surface area contributed by atoms with Crippen LogP contribution in [-0.2, 0) is 14.6 Å². The Hall–Kier alpha value is -3.75. The number of anilines is 1. The maximum absolute atomic E-state index is 12.4. The van der Waals surface area contributed by atoms with Crippen LogP contribution in [-0.4, -0.2) is 43.2 Å². The Balaban J connectivity index is 1.49. The molecule has 0 bridgehead atoms. The van der Waals surface area contributed by atoms with Crippen molar-refractivity contribution in [1.29, 1.82) is 5.26 Å². The van der Waals surface area contributed by atoms with Gasteiger partial charge in [-0.15, -0.1) is 0 Å². The Morgan fingerprint density at radius 3 is 2.34 bits per heavy atom. The van der Waals surface area contributed by atoms with Gasteiger partial charge in [0, 0.05) is 24.2 Å². The molecule has 3 aromatic rings. The fourth-order valence-corrected chi connectivity index (χ4v) is 4.23. The number of nitrogens with zero attached hydrogens (tertiary/aromatic N) is 3. The summed E-state index contributed by atoms with van der Waals surface area (Å²) in [6, 6.07) is 14.8. The zero-order valence-electron chi connectivity index (χ0n) is 19.4. The van der Waals surface area contributed by atoms with E-state index in [1.54, 1.807) is 24.3 Å². The minimum Gasteiger partial charge on any atom is -0.493 e. The molecule has 1 aromatic heterocycles. The third kappa shape index (κ3) is 7.63. The van der Waals surface area contributed by atoms with Crippen molar-refractivity contribution < 1.29 is 22.7 Å². The van der Waals surface area contributed by atoms with Crippen molar-refractivity contribution in [2.45, 2.75) is 25.4 Å². The van der Waals surface area contributed by atoms with E-state index in [0.717, 1.165) is 23.5 Å². The summed E-state index contributed by atoms with van der Waals surface area (Å²) in [5.74, 6) is 0.773. The van der Waals surface area contributed by atoms with Crippen LogP contribution in [0.2, 0.25) is 0 Å². The first kappa shape index (κ1) is 25.9. The van der Waals surface area contributed by atoms with E-state index in [9.17, 15) is 18.5 Å². The second kappa shape index (κ2) is 11.6. The molecule has 1 N–H and O–H groups in total. The van der Waals surface area contributed by atoms with E-state index in [1.807, 2.05) is 31.2 Å². The van der Waals surface area contributed by atoms with Gasteiger partial charge >= 0.3 is 0 Å². The number of ether oxygens (including phenoxy) is 2. The molecule has 0 aliphatic heterocycles. The van der Waals surface area contributed by atoms with Crippen LogP contribution in [0.15, 0.2) is 53.2 Å². The maximum Gasteiger partial charge on any atom is 0.268 e. The van der Waals surface area contributed by atoms with Crippen molar-refractivity contribution in [3.05, 3.63) is 64.7 Å². The Morgan fingerprint density at radius 2 is 1.74 bits per heavy atom. The Labute approximate surface area is 208 Å². The highest BCUT2D eigenvalue weighted by Crippen LogP contribution is 2.19. The third-order valence-corrected chi connectivity index (χ3v) is 6.41. The fourth-order valence-electron chi connectivity index (χ4n) is 2.79. The quantitative estimate of drug-likeness (QED) is 0.245. The summed E-state index contributed by atoms with van der Waals surface area (Å²) < 4.78 is 38.1. The molecule has 3 rings (SSSR count). The Morgan fingerprint density at radius 1 is 1.09 bits per heavy atom. The lowest BCUT2D eigenvalue weighted by molar-refractivity contribution is -0.112. The zero-order chi connectivity index (χ0) is 25.4. The van der Waals surface area contributed by atoms with Crippen molar-refractivity contribution in [1.82, 2.24) is 9.36 Å². The largest absolute Gasteiger partial charge is 0.493 e. The average molecular weight is 513 g/mol. The Bertz CT molecular complexity index is 1370. The van der Waals surface area contributed by atoms with Gasteiger partial charge in [0.15, 0.2) is 0 Å². The van der Waals surface area contributed by atoms with Gasteiger partial charge in [-0.25, -0.2) is 8.42 Å². The molecule has 0 aliphatic carbocycles. The normalized spacial score (nSPS) is 11.5. The van der Waals surface area contributed by atoms with Crippen LogP contribution >= 0.6 is 11.5 Å². The lowest BCUT2D eigenvalue weighted by atomic mass is 10.1. The first-order chi connectivity index (χ1) is 16.7. The van der Waals surface area contributed by atoms with E-state index < -0.39 is 15.7 Å². The van der Waals surface area contributed by atoms with Crippen LogP contribution in [0.5, 0.6) is 11.5 Å². The molecular formula is C24H24N4O5S2. The van der Waals surface area contributed by atoms with Crippen LogP contribution in [0.1, 0.15) is 23.1 Å². The number of nitrogens with one attached hydrogen (secondary N) is 1. The summed E-state index contributed by atoms with van der Waals surface area (Å²) in [6.07, 6.45) is 3.09. The SMILES string of the molecule is Cc1ccc(OCCCOc2ccc(C=C(C#N)C(=O)Nc3nc(S(C)(=O)=O)ns3)cc2)cc1C. The first-order valence-electron chi connectivity index (χ1n) is 10.6. The van der Waals surface area contributed by atoms with E-state index in [-0.39, 0.29) is 15.9 Å². The summed E-state index contributed by atoms with van der Waals surface area (Å²) in [4.78, 5) is 16.1. The number of carbonyl (C=O) groups excluding carboxylic acids is 1. The van der Waals surface area contributed by atoms with Gasteiger partial charge < -0.3 is 9.47 Å². The molecule has 182 valence electrons. The van der Waals surface area contributed by atoms with Gasteiger partial charge in [-0.3, -0.25) is 10.1 Å². The second-order valence-corrected chi connectivity index (χ2v) is 10.3. The topological polar surface area (TPSA) is 131 Å². The number of rotatable bonds is 10. The minimum absolute atomic E-state index is 0.0122. The van der Waals surface area contributed by atoms with Gasteiger partial charge in [0.1, 0.15) is 23.1 Å². The van der Waals surface area contributed by atoms with E-state index in [1.165, 1.54) is 17.2 Å². The van der Waals surface area contributed by atoms with Gasteiger partial charge in [0.25, 0.3) is 11.1 Å². The molecular weight excluding hydrogens is 488 g/mol.